The van der Waals surface area contributed by atoms with Crippen LogP contribution in [-0.2, 0) is 11.3 Å². The van der Waals surface area contributed by atoms with E-state index < -0.39 is 5.97 Å². The van der Waals surface area contributed by atoms with Crippen molar-refractivity contribution in [1.29, 1.82) is 0 Å². The van der Waals surface area contributed by atoms with E-state index in [0.29, 0.717) is 22.0 Å². The number of carboxylic acids is 1. The number of aromatic nitrogens is 2. The fourth-order valence-electron chi connectivity index (χ4n) is 2.60. The summed E-state index contributed by atoms with van der Waals surface area (Å²) < 4.78 is 15.4. The Morgan fingerprint density at radius 1 is 1.57 bits per heavy atom. The molecule has 0 bridgehead atoms. The van der Waals surface area contributed by atoms with Crippen molar-refractivity contribution in [2.24, 2.45) is 11.3 Å². The Balaban J connectivity index is 1.96. The highest BCUT2D eigenvalue weighted by Crippen LogP contribution is 2.53. The van der Waals surface area contributed by atoms with E-state index in [1.807, 2.05) is 4.57 Å². The number of aliphatic carboxylic acids is 1. The number of hydrogen-bond acceptors (Lipinski definition) is 3. The van der Waals surface area contributed by atoms with E-state index in [4.69, 9.17) is 5.11 Å². The standard InChI is InChI=1S/C15H17FN2O2S/c1-15(2)6-9(15)7-18-12-4-3-10(16)5-11(12)17-14(18)21-8-13(19)20/h3-5,9H,6-8H2,1-2H3,(H,19,20). The Kier molecular flexibility index (Phi) is 3.43. The van der Waals surface area contributed by atoms with E-state index in [-0.39, 0.29) is 11.6 Å². The first-order valence-corrected chi connectivity index (χ1v) is 7.86. The zero-order valence-corrected chi connectivity index (χ0v) is 12.8. The van der Waals surface area contributed by atoms with Gasteiger partial charge in [0.25, 0.3) is 0 Å². The highest BCUT2D eigenvalue weighted by atomic mass is 32.2. The number of fused-ring (bicyclic) bond motifs is 1. The summed E-state index contributed by atoms with van der Waals surface area (Å²) in [5.41, 5.74) is 1.78. The van der Waals surface area contributed by atoms with E-state index in [1.54, 1.807) is 6.07 Å². The highest BCUT2D eigenvalue weighted by molar-refractivity contribution is 7.99. The third-order valence-electron chi connectivity index (χ3n) is 4.12. The second-order valence-electron chi connectivity index (χ2n) is 6.21. The molecule has 1 aromatic heterocycles. The number of nitrogens with zero attached hydrogens (tertiary/aromatic N) is 2. The summed E-state index contributed by atoms with van der Waals surface area (Å²) in [5.74, 6) is -0.686. The Labute approximate surface area is 126 Å². The Morgan fingerprint density at radius 3 is 2.90 bits per heavy atom. The normalized spacial score (nSPS) is 19.9. The van der Waals surface area contributed by atoms with Crippen LogP contribution in [0.1, 0.15) is 20.3 Å². The highest BCUT2D eigenvalue weighted by Gasteiger charge is 2.45. The minimum Gasteiger partial charge on any atom is -0.481 e. The average molecular weight is 308 g/mol. The molecule has 3 rings (SSSR count). The molecule has 21 heavy (non-hydrogen) atoms. The van der Waals surface area contributed by atoms with Gasteiger partial charge in [0.15, 0.2) is 5.16 Å². The maximum absolute atomic E-state index is 13.3. The maximum atomic E-state index is 13.3. The quantitative estimate of drug-likeness (QED) is 0.860. The van der Waals surface area contributed by atoms with Gasteiger partial charge in [-0.2, -0.15) is 0 Å². The second kappa shape index (κ2) is 5.02. The van der Waals surface area contributed by atoms with E-state index in [2.05, 4.69) is 18.8 Å². The van der Waals surface area contributed by atoms with Gasteiger partial charge in [0, 0.05) is 12.6 Å². The van der Waals surface area contributed by atoms with Gasteiger partial charge < -0.3 is 9.67 Å². The number of thioether (sulfide) groups is 1. The van der Waals surface area contributed by atoms with Crippen LogP contribution in [-0.4, -0.2) is 26.4 Å². The van der Waals surface area contributed by atoms with Crippen LogP contribution in [0, 0.1) is 17.2 Å². The molecule has 1 atom stereocenters. The monoisotopic (exact) mass is 308 g/mol. The fourth-order valence-corrected chi connectivity index (χ4v) is 3.35. The summed E-state index contributed by atoms with van der Waals surface area (Å²) >= 11 is 1.19. The Morgan fingerprint density at radius 2 is 2.29 bits per heavy atom. The number of carbonyl (C=O) groups is 1. The van der Waals surface area contributed by atoms with Crippen molar-refractivity contribution in [3.8, 4) is 0 Å². The van der Waals surface area contributed by atoms with Crippen molar-refractivity contribution in [3.63, 3.8) is 0 Å². The first-order valence-electron chi connectivity index (χ1n) is 6.87. The van der Waals surface area contributed by atoms with Crippen LogP contribution in [0.3, 0.4) is 0 Å². The molecule has 112 valence electrons. The first-order chi connectivity index (χ1) is 9.87. The van der Waals surface area contributed by atoms with Crippen molar-refractivity contribution in [2.75, 3.05) is 5.75 Å². The van der Waals surface area contributed by atoms with E-state index >= 15 is 0 Å². The topological polar surface area (TPSA) is 55.1 Å². The third kappa shape index (κ3) is 2.90. The molecule has 0 aliphatic heterocycles. The molecule has 6 heteroatoms. The van der Waals surface area contributed by atoms with Gasteiger partial charge in [-0.1, -0.05) is 25.6 Å². The summed E-state index contributed by atoms with van der Waals surface area (Å²) in [6, 6.07) is 4.54. The maximum Gasteiger partial charge on any atom is 0.313 e. The molecule has 4 nitrogen and oxygen atoms in total. The lowest BCUT2D eigenvalue weighted by atomic mass is 10.1. The second-order valence-corrected chi connectivity index (χ2v) is 7.15. The van der Waals surface area contributed by atoms with Crippen LogP contribution in [0.5, 0.6) is 0 Å². The number of imidazole rings is 1. The number of hydrogen-bond donors (Lipinski definition) is 1. The smallest absolute Gasteiger partial charge is 0.313 e. The lowest BCUT2D eigenvalue weighted by Crippen LogP contribution is -2.07. The Bertz CT molecular complexity index is 711. The fraction of sp³-hybridized carbons (Fsp3) is 0.467. The molecule has 0 spiro atoms. The van der Waals surface area contributed by atoms with Crippen LogP contribution in [0.2, 0.25) is 0 Å². The minimum atomic E-state index is -0.878. The van der Waals surface area contributed by atoms with Gasteiger partial charge in [-0.15, -0.1) is 0 Å². The molecule has 1 N–H and O–H groups in total. The van der Waals surface area contributed by atoms with Gasteiger partial charge in [-0.25, -0.2) is 9.37 Å². The van der Waals surface area contributed by atoms with Gasteiger partial charge in [-0.3, -0.25) is 4.79 Å². The third-order valence-corrected chi connectivity index (χ3v) is 5.08. The summed E-state index contributed by atoms with van der Waals surface area (Å²) in [4.78, 5) is 15.2. The summed E-state index contributed by atoms with van der Waals surface area (Å²) in [5, 5.41) is 9.50. The molecule has 1 aliphatic rings. The van der Waals surface area contributed by atoms with E-state index in [9.17, 15) is 9.18 Å². The summed E-state index contributed by atoms with van der Waals surface area (Å²) in [7, 11) is 0. The van der Waals surface area contributed by atoms with Crippen LogP contribution in [0.15, 0.2) is 23.4 Å². The van der Waals surface area contributed by atoms with Gasteiger partial charge >= 0.3 is 5.97 Å². The molecule has 1 saturated carbocycles. The number of halogens is 1. The number of benzene rings is 1. The molecule has 2 aromatic rings. The molecule has 1 aromatic carbocycles. The molecular formula is C15H17FN2O2S. The van der Waals surface area contributed by atoms with Crippen LogP contribution < -0.4 is 0 Å². The van der Waals surface area contributed by atoms with Crippen LogP contribution in [0.25, 0.3) is 11.0 Å². The van der Waals surface area contributed by atoms with Gasteiger partial charge in [-0.05, 0) is 29.9 Å². The molecule has 1 aliphatic carbocycles. The van der Waals surface area contributed by atoms with E-state index in [1.165, 1.54) is 23.9 Å². The predicted molar refractivity (Wildman–Crippen MR) is 79.9 cm³/mol. The number of rotatable bonds is 5. The molecule has 1 unspecified atom stereocenters. The molecular weight excluding hydrogens is 291 g/mol. The zero-order chi connectivity index (χ0) is 15.2. The summed E-state index contributed by atoms with van der Waals surface area (Å²) in [6.07, 6.45) is 1.15. The average Bonchev–Trinajstić information content (AvgIpc) is 2.85. The molecule has 1 fully saturated rings. The zero-order valence-electron chi connectivity index (χ0n) is 12.0. The van der Waals surface area contributed by atoms with Crippen molar-refractivity contribution >= 4 is 28.8 Å². The van der Waals surface area contributed by atoms with Crippen molar-refractivity contribution in [1.82, 2.24) is 9.55 Å². The van der Waals surface area contributed by atoms with Gasteiger partial charge in [0.2, 0.25) is 0 Å². The molecule has 1 heterocycles. The van der Waals surface area contributed by atoms with Crippen LogP contribution >= 0.6 is 11.8 Å². The Hall–Kier alpha value is -1.56. The lowest BCUT2D eigenvalue weighted by Gasteiger charge is -2.09. The largest absolute Gasteiger partial charge is 0.481 e. The van der Waals surface area contributed by atoms with Gasteiger partial charge in [0.1, 0.15) is 5.82 Å². The summed E-state index contributed by atoms with van der Waals surface area (Å²) in [6.45, 7) is 5.25. The van der Waals surface area contributed by atoms with Crippen molar-refractivity contribution < 1.29 is 14.3 Å². The SMILES string of the molecule is CC1(C)CC1Cn1c(SCC(=O)O)nc2cc(F)ccc21. The van der Waals surface area contributed by atoms with Crippen LogP contribution in [0.4, 0.5) is 4.39 Å². The van der Waals surface area contributed by atoms with Crippen molar-refractivity contribution in [2.45, 2.75) is 32.0 Å². The number of carboxylic acid groups (broad SMARTS) is 1. The first kappa shape index (κ1) is 14.4. The van der Waals surface area contributed by atoms with Gasteiger partial charge in [0.05, 0.1) is 16.8 Å². The molecule has 0 amide bonds. The van der Waals surface area contributed by atoms with E-state index in [0.717, 1.165) is 18.5 Å². The molecule has 0 radical (unpaired) electrons. The van der Waals surface area contributed by atoms with Crippen molar-refractivity contribution in [3.05, 3.63) is 24.0 Å². The minimum absolute atomic E-state index is 0.0418. The predicted octanol–water partition coefficient (Wildman–Crippen LogP) is 3.40. The lowest BCUT2D eigenvalue weighted by molar-refractivity contribution is -0.133. The molecule has 0 saturated heterocycles.